The van der Waals surface area contributed by atoms with E-state index in [0.717, 1.165) is 10.2 Å². The average molecular weight is 296 g/mol. The summed E-state index contributed by atoms with van der Waals surface area (Å²) in [6.07, 6.45) is 1.63. The van der Waals surface area contributed by atoms with Crippen molar-refractivity contribution in [3.63, 3.8) is 0 Å². The molecule has 0 radical (unpaired) electrons. The second-order valence-electron chi connectivity index (χ2n) is 3.62. The molecule has 1 heterocycles. The highest BCUT2D eigenvalue weighted by molar-refractivity contribution is 9.10. The molecule has 0 saturated heterocycles. The highest BCUT2D eigenvalue weighted by atomic mass is 79.9. The Morgan fingerprint density at radius 3 is 2.65 bits per heavy atom. The Bertz CT molecular complexity index is 536. The number of aromatic nitrogens is 3. The molecule has 17 heavy (non-hydrogen) atoms. The number of aliphatic carboxylic acids is 1. The number of carboxylic acid groups (broad SMARTS) is 1. The SMILES string of the molecule is CC(C(=O)O)c1cn(-c2ccc(Br)cc2)nn1. The first-order valence-corrected chi connectivity index (χ1v) is 5.78. The van der Waals surface area contributed by atoms with Crippen molar-refractivity contribution < 1.29 is 9.90 Å². The van der Waals surface area contributed by atoms with Crippen LogP contribution in [0.3, 0.4) is 0 Å². The van der Waals surface area contributed by atoms with Crippen LogP contribution in [0.2, 0.25) is 0 Å². The van der Waals surface area contributed by atoms with Crippen molar-refractivity contribution in [2.75, 3.05) is 0 Å². The molecule has 5 nitrogen and oxygen atoms in total. The Balaban J connectivity index is 2.29. The summed E-state index contributed by atoms with van der Waals surface area (Å²) in [5, 5.41) is 16.6. The Kier molecular flexibility index (Phi) is 3.23. The topological polar surface area (TPSA) is 68.0 Å². The fourth-order valence-electron chi connectivity index (χ4n) is 1.32. The van der Waals surface area contributed by atoms with E-state index >= 15 is 0 Å². The van der Waals surface area contributed by atoms with Crippen LogP contribution in [0.15, 0.2) is 34.9 Å². The molecular weight excluding hydrogens is 286 g/mol. The van der Waals surface area contributed by atoms with E-state index in [4.69, 9.17) is 5.11 Å². The summed E-state index contributed by atoms with van der Waals surface area (Å²) in [4.78, 5) is 10.8. The predicted octanol–water partition coefficient (Wildman–Crippen LogP) is 2.22. The molecule has 0 aliphatic rings. The van der Waals surface area contributed by atoms with E-state index in [2.05, 4.69) is 26.2 Å². The van der Waals surface area contributed by atoms with Gasteiger partial charge in [0.15, 0.2) is 0 Å². The number of carboxylic acids is 1. The lowest BCUT2D eigenvalue weighted by Gasteiger charge is -2.00. The molecule has 1 unspecified atom stereocenters. The maximum atomic E-state index is 10.8. The first-order valence-electron chi connectivity index (χ1n) is 4.99. The number of benzene rings is 1. The molecular formula is C11H10BrN3O2. The third-order valence-electron chi connectivity index (χ3n) is 2.42. The van der Waals surface area contributed by atoms with Crippen molar-refractivity contribution in [2.24, 2.45) is 0 Å². The molecule has 0 aliphatic heterocycles. The van der Waals surface area contributed by atoms with Gasteiger partial charge in [0, 0.05) is 4.47 Å². The summed E-state index contributed by atoms with van der Waals surface area (Å²) in [6, 6.07) is 7.51. The Labute approximate surface area is 106 Å². The Hall–Kier alpha value is -1.69. The van der Waals surface area contributed by atoms with E-state index in [1.165, 1.54) is 0 Å². The first kappa shape index (κ1) is 11.8. The minimum absolute atomic E-state index is 0.445. The molecule has 0 saturated carbocycles. The molecule has 2 aromatic rings. The van der Waals surface area contributed by atoms with Gasteiger partial charge in [0.05, 0.1) is 23.5 Å². The maximum Gasteiger partial charge on any atom is 0.312 e. The average Bonchev–Trinajstić information content (AvgIpc) is 2.78. The van der Waals surface area contributed by atoms with Crippen molar-refractivity contribution in [3.8, 4) is 5.69 Å². The van der Waals surface area contributed by atoms with Crippen LogP contribution in [0.5, 0.6) is 0 Å². The lowest BCUT2D eigenvalue weighted by molar-refractivity contribution is -0.138. The second kappa shape index (κ2) is 4.67. The standard InChI is InChI=1S/C11H10BrN3O2/c1-7(11(16)17)10-6-15(14-13-10)9-4-2-8(12)3-5-9/h2-7H,1H3,(H,16,17). The smallest absolute Gasteiger partial charge is 0.312 e. The van der Waals surface area contributed by atoms with E-state index in [-0.39, 0.29) is 0 Å². The van der Waals surface area contributed by atoms with Crippen LogP contribution in [0, 0.1) is 0 Å². The van der Waals surface area contributed by atoms with Gasteiger partial charge in [0.1, 0.15) is 0 Å². The Morgan fingerprint density at radius 1 is 1.41 bits per heavy atom. The molecule has 1 aromatic carbocycles. The summed E-state index contributed by atoms with van der Waals surface area (Å²) in [5.74, 6) is -1.56. The highest BCUT2D eigenvalue weighted by Gasteiger charge is 2.17. The molecule has 1 N–H and O–H groups in total. The third-order valence-corrected chi connectivity index (χ3v) is 2.95. The number of carbonyl (C=O) groups is 1. The van der Waals surface area contributed by atoms with Gasteiger partial charge in [-0.15, -0.1) is 5.10 Å². The van der Waals surface area contributed by atoms with E-state index in [1.54, 1.807) is 17.8 Å². The molecule has 0 bridgehead atoms. The highest BCUT2D eigenvalue weighted by Crippen LogP contribution is 2.16. The van der Waals surface area contributed by atoms with Crippen LogP contribution in [0.4, 0.5) is 0 Å². The molecule has 2 rings (SSSR count). The second-order valence-corrected chi connectivity index (χ2v) is 4.54. The van der Waals surface area contributed by atoms with Gasteiger partial charge in [-0.25, -0.2) is 4.68 Å². The molecule has 1 aromatic heterocycles. The van der Waals surface area contributed by atoms with Gasteiger partial charge >= 0.3 is 5.97 Å². The first-order chi connectivity index (χ1) is 8.08. The molecule has 0 amide bonds. The largest absolute Gasteiger partial charge is 0.481 e. The molecule has 0 fully saturated rings. The van der Waals surface area contributed by atoms with Gasteiger partial charge in [-0.1, -0.05) is 21.1 Å². The zero-order chi connectivity index (χ0) is 12.4. The fraction of sp³-hybridized carbons (Fsp3) is 0.182. The monoisotopic (exact) mass is 295 g/mol. The van der Waals surface area contributed by atoms with Gasteiger partial charge in [-0.3, -0.25) is 4.79 Å². The van der Waals surface area contributed by atoms with Crippen molar-refractivity contribution in [1.82, 2.24) is 15.0 Å². The van der Waals surface area contributed by atoms with Crippen molar-refractivity contribution >= 4 is 21.9 Å². The predicted molar refractivity (Wildman–Crippen MR) is 65.1 cm³/mol. The summed E-state index contributed by atoms with van der Waals surface area (Å²) in [5.41, 5.74) is 1.28. The Morgan fingerprint density at radius 2 is 2.06 bits per heavy atom. The van der Waals surface area contributed by atoms with Crippen LogP contribution in [-0.2, 0) is 4.79 Å². The van der Waals surface area contributed by atoms with Crippen LogP contribution in [0.1, 0.15) is 18.5 Å². The lowest BCUT2D eigenvalue weighted by atomic mass is 10.1. The number of hydrogen-bond donors (Lipinski definition) is 1. The molecule has 0 spiro atoms. The fourth-order valence-corrected chi connectivity index (χ4v) is 1.59. The van der Waals surface area contributed by atoms with E-state index in [9.17, 15) is 4.79 Å². The molecule has 88 valence electrons. The van der Waals surface area contributed by atoms with E-state index in [1.807, 2.05) is 24.3 Å². The number of hydrogen-bond acceptors (Lipinski definition) is 3. The maximum absolute atomic E-state index is 10.8. The number of nitrogens with zero attached hydrogens (tertiary/aromatic N) is 3. The molecule has 1 atom stereocenters. The lowest BCUT2D eigenvalue weighted by Crippen LogP contribution is -2.07. The third kappa shape index (κ3) is 2.52. The minimum Gasteiger partial charge on any atom is -0.481 e. The summed E-state index contributed by atoms with van der Waals surface area (Å²) in [6.45, 7) is 1.58. The van der Waals surface area contributed by atoms with E-state index < -0.39 is 11.9 Å². The summed E-state index contributed by atoms with van der Waals surface area (Å²) < 4.78 is 2.53. The quantitative estimate of drug-likeness (QED) is 0.943. The number of halogens is 1. The van der Waals surface area contributed by atoms with Gasteiger partial charge in [0.25, 0.3) is 0 Å². The van der Waals surface area contributed by atoms with Crippen molar-refractivity contribution in [3.05, 3.63) is 40.6 Å². The van der Waals surface area contributed by atoms with Crippen molar-refractivity contribution in [2.45, 2.75) is 12.8 Å². The minimum atomic E-state index is -0.909. The number of rotatable bonds is 3. The zero-order valence-electron chi connectivity index (χ0n) is 9.04. The van der Waals surface area contributed by atoms with Crippen LogP contribution >= 0.6 is 15.9 Å². The van der Waals surface area contributed by atoms with Crippen LogP contribution in [-0.4, -0.2) is 26.1 Å². The van der Waals surface area contributed by atoms with Gasteiger partial charge < -0.3 is 5.11 Å². The van der Waals surface area contributed by atoms with Gasteiger partial charge in [-0.05, 0) is 31.2 Å². The van der Waals surface area contributed by atoms with Crippen LogP contribution in [0.25, 0.3) is 5.69 Å². The summed E-state index contributed by atoms with van der Waals surface area (Å²) in [7, 11) is 0. The zero-order valence-corrected chi connectivity index (χ0v) is 10.6. The van der Waals surface area contributed by atoms with Crippen LogP contribution < -0.4 is 0 Å². The van der Waals surface area contributed by atoms with Gasteiger partial charge in [-0.2, -0.15) is 0 Å². The van der Waals surface area contributed by atoms with E-state index in [0.29, 0.717) is 5.69 Å². The van der Waals surface area contributed by atoms with Gasteiger partial charge in [0.2, 0.25) is 0 Å². The molecule has 0 aliphatic carbocycles. The van der Waals surface area contributed by atoms with Crippen molar-refractivity contribution in [1.29, 1.82) is 0 Å². The normalized spacial score (nSPS) is 12.4. The summed E-state index contributed by atoms with van der Waals surface area (Å²) >= 11 is 3.34. The molecule has 6 heteroatoms.